The molecule has 0 spiro atoms. The van der Waals surface area contributed by atoms with Crippen LogP contribution in [0, 0.1) is 23.7 Å². The van der Waals surface area contributed by atoms with E-state index in [0.717, 1.165) is 53.5 Å². The Kier molecular flexibility index (Phi) is 4.22. The normalized spacial score (nSPS) is 27.7. The minimum absolute atomic E-state index is 0.168. The number of amides is 1. The minimum atomic E-state index is -0.337. The van der Waals surface area contributed by atoms with Gasteiger partial charge in [0.2, 0.25) is 0 Å². The summed E-state index contributed by atoms with van der Waals surface area (Å²) in [6.45, 7) is 1.89. The third-order valence-electron chi connectivity index (χ3n) is 7.20. The van der Waals surface area contributed by atoms with Crippen molar-refractivity contribution < 1.29 is 14.3 Å². The van der Waals surface area contributed by atoms with Crippen LogP contribution in [0.15, 0.2) is 48.5 Å². The molecule has 0 N–H and O–H groups in total. The lowest BCUT2D eigenvalue weighted by molar-refractivity contribution is 0.0600. The molecule has 2 aliphatic carbocycles. The summed E-state index contributed by atoms with van der Waals surface area (Å²) in [5.74, 6) is 3.05. The van der Waals surface area contributed by atoms with Gasteiger partial charge in [0.25, 0.3) is 5.91 Å². The quantitative estimate of drug-likeness (QED) is 0.753. The van der Waals surface area contributed by atoms with Crippen molar-refractivity contribution in [3.8, 4) is 11.1 Å². The standard InChI is InChI=1S/C24H25NO3/c1-28-24(27)18-8-4-16(5-9-18)15-2-6-17(7-3-15)23(26)25-13-21-19-10-11-20(12-19)22(21)14-25/h2-9,19-22H,10-14H2,1H3/t19-,20+,21-,22+. The molecule has 3 fully saturated rings. The monoisotopic (exact) mass is 375 g/mol. The van der Waals surface area contributed by atoms with Gasteiger partial charge in [-0.1, -0.05) is 24.3 Å². The van der Waals surface area contributed by atoms with E-state index in [1.807, 2.05) is 36.4 Å². The first kappa shape index (κ1) is 17.5. The summed E-state index contributed by atoms with van der Waals surface area (Å²) in [5.41, 5.74) is 3.34. The molecule has 1 saturated heterocycles. The Morgan fingerprint density at radius 3 is 1.82 bits per heavy atom. The van der Waals surface area contributed by atoms with E-state index < -0.39 is 0 Å². The smallest absolute Gasteiger partial charge is 0.337 e. The molecule has 2 aromatic rings. The summed E-state index contributed by atoms with van der Waals surface area (Å²) >= 11 is 0. The molecule has 4 atom stereocenters. The molecule has 4 nitrogen and oxygen atoms in total. The lowest BCUT2D eigenvalue weighted by Crippen LogP contribution is -2.30. The highest BCUT2D eigenvalue weighted by molar-refractivity contribution is 5.95. The summed E-state index contributed by atoms with van der Waals surface area (Å²) in [5, 5.41) is 0. The van der Waals surface area contributed by atoms with Crippen LogP contribution < -0.4 is 0 Å². The molecule has 0 unspecified atom stereocenters. The summed E-state index contributed by atoms with van der Waals surface area (Å²) in [4.78, 5) is 26.6. The molecule has 1 aliphatic heterocycles. The number of carbonyl (C=O) groups excluding carboxylic acids is 2. The van der Waals surface area contributed by atoms with E-state index in [1.54, 1.807) is 12.1 Å². The topological polar surface area (TPSA) is 46.6 Å². The second kappa shape index (κ2) is 6.77. The Hall–Kier alpha value is -2.62. The fraction of sp³-hybridized carbons (Fsp3) is 0.417. The number of rotatable bonds is 3. The van der Waals surface area contributed by atoms with Crippen molar-refractivity contribution in [3.05, 3.63) is 59.7 Å². The van der Waals surface area contributed by atoms with Gasteiger partial charge in [0.1, 0.15) is 0 Å². The molecule has 144 valence electrons. The van der Waals surface area contributed by atoms with Crippen molar-refractivity contribution in [2.75, 3.05) is 20.2 Å². The molecule has 1 amide bonds. The fourth-order valence-electron chi connectivity index (χ4n) is 5.75. The second-order valence-corrected chi connectivity index (χ2v) is 8.52. The van der Waals surface area contributed by atoms with Crippen LogP contribution in [0.2, 0.25) is 0 Å². The third-order valence-corrected chi connectivity index (χ3v) is 7.20. The van der Waals surface area contributed by atoms with Crippen molar-refractivity contribution in [2.45, 2.75) is 19.3 Å². The first-order valence-electron chi connectivity index (χ1n) is 10.2. The number of esters is 1. The van der Waals surface area contributed by atoms with Crippen molar-refractivity contribution in [3.63, 3.8) is 0 Å². The van der Waals surface area contributed by atoms with E-state index >= 15 is 0 Å². The van der Waals surface area contributed by atoms with E-state index in [4.69, 9.17) is 4.74 Å². The third kappa shape index (κ3) is 2.83. The summed E-state index contributed by atoms with van der Waals surface area (Å²) in [7, 11) is 1.38. The van der Waals surface area contributed by atoms with Gasteiger partial charge in [0, 0.05) is 18.7 Å². The van der Waals surface area contributed by atoms with Crippen molar-refractivity contribution in [2.24, 2.45) is 23.7 Å². The number of methoxy groups -OCH3 is 1. The van der Waals surface area contributed by atoms with Crippen molar-refractivity contribution in [1.82, 2.24) is 4.90 Å². The largest absolute Gasteiger partial charge is 0.465 e. The molecule has 4 heteroatoms. The summed E-state index contributed by atoms with van der Waals surface area (Å²) < 4.78 is 4.74. The maximum Gasteiger partial charge on any atom is 0.337 e. The lowest BCUT2D eigenvalue weighted by Gasteiger charge is -2.22. The molecule has 28 heavy (non-hydrogen) atoms. The molecule has 2 aromatic carbocycles. The highest BCUT2D eigenvalue weighted by Gasteiger charge is 2.52. The molecule has 1 heterocycles. The van der Waals surface area contributed by atoms with E-state index in [9.17, 15) is 9.59 Å². The van der Waals surface area contributed by atoms with Crippen LogP contribution in [0.5, 0.6) is 0 Å². The molecule has 2 saturated carbocycles. The highest BCUT2D eigenvalue weighted by Crippen LogP contribution is 2.55. The van der Waals surface area contributed by atoms with Crippen molar-refractivity contribution in [1.29, 1.82) is 0 Å². The maximum atomic E-state index is 13.0. The predicted molar refractivity (Wildman–Crippen MR) is 107 cm³/mol. The molecular weight excluding hydrogens is 350 g/mol. The summed E-state index contributed by atoms with van der Waals surface area (Å²) in [6, 6.07) is 15.2. The van der Waals surface area contributed by atoms with Crippen molar-refractivity contribution >= 4 is 11.9 Å². The SMILES string of the molecule is COC(=O)c1ccc(-c2ccc(C(=O)N3C[C@@H]4[C@@H]5CC[C@@H](C5)[C@@H]4C3)cc2)cc1. The van der Waals surface area contributed by atoms with Crippen LogP contribution in [0.25, 0.3) is 11.1 Å². The lowest BCUT2D eigenvalue weighted by atomic mass is 9.82. The molecular formula is C24H25NO3. The minimum Gasteiger partial charge on any atom is -0.465 e. The average Bonchev–Trinajstić information content (AvgIpc) is 3.46. The molecule has 0 aromatic heterocycles. The van der Waals surface area contributed by atoms with Gasteiger partial charge in [-0.2, -0.15) is 0 Å². The number of nitrogens with zero attached hydrogens (tertiary/aromatic N) is 1. The van der Waals surface area contributed by atoms with Gasteiger partial charge in [-0.15, -0.1) is 0 Å². The summed E-state index contributed by atoms with van der Waals surface area (Å²) in [6.07, 6.45) is 4.15. The van der Waals surface area contributed by atoms with E-state index in [1.165, 1.54) is 26.4 Å². The van der Waals surface area contributed by atoms with E-state index in [2.05, 4.69) is 4.90 Å². The zero-order chi connectivity index (χ0) is 19.3. The van der Waals surface area contributed by atoms with E-state index in [-0.39, 0.29) is 11.9 Å². The number of likely N-dealkylation sites (tertiary alicyclic amines) is 1. The van der Waals surface area contributed by atoms with Gasteiger partial charge in [0.05, 0.1) is 12.7 Å². The fourth-order valence-corrected chi connectivity index (χ4v) is 5.75. The maximum absolute atomic E-state index is 13.0. The first-order chi connectivity index (χ1) is 13.6. The Bertz CT molecular complexity index is 884. The van der Waals surface area contributed by atoms with Crippen LogP contribution in [-0.2, 0) is 4.74 Å². The first-order valence-corrected chi connectivity index (χ1v) is 10.2. The predicted octanol–water partition coefficient (Wildman–Crippen LogP) is 4.26. The number of fused-ring (bicyclic) bond motifs is 5. The number of benzene rings is 2. The van der Waals surface area contributed by atoms with Gasteiger partial charge in [-0.05, 0) is 78.3 Å². The van der Waals surface area contributed by atoms with Crippen LogP contribution in [0.3, 0.4) is 0 Å². The average molecular weight is 375 g/mol. The van der Waals surface area contributed by atoms with Crippen LogP contribution in [0.1, 0.15) is 40.0 Å². The second-order valence-electron chi connectivity index (χ2n) is 8.52. The number of ether oxygens (including phenoxy) is 1. The Balaban J connectivity index is 1.29. The zero-order valence-electron chi connectivity index (χ0n) is 16.1. The van der Waals surface area contributed by atoms with Crippen LogP contribution >= 0.6 is 0 Å². The van der Waals surface area contributed by atoms with Gasteiger partial charge >= 0.3 is 5.97 Å². The molecule has 2 bridgehead atoms. The number of hydrogen-bond acceptors (Lipinski definition) is 3. The van der Waals surface area contributed by atoms with Gasteiger partial charge in [0.15, 0.2) is 0 Å². The van der Waals surface area contributed by atoms with Gasteiger partial charge in [-0.25, -0.2) is 4.79 Å². The van der Waals surface area contributed by atoms with Gasteiger partial charge in [-0.3, -0.25) is 4.79 Å². The number of hydrogen-bond donors (Lipinski definition) is 0. The number of carbonyl (C=O) groups is 2. The zero-order valence-corrected chi connectivity index (χ0v) is 16.1. The molecule has 0 radical (unpaired) electrons. The Morgan fingerprint density at radius 1 is 0.821 bits per heavy atom. The Labute approximate surface area is 165 Å². The van der Waals surface area contributed by atoms with E-state index in [0.29, 0.717) is 5.56 Å². The van der Waals surface area contributed by atoms with Gasteiger partial charge < -0.3 is 9.64 Å². The molecule has 5 rings (SSSR count). The molecule has 3 aliphatic rings. The van der Waals surface area contributed by atoms with Crippen LogP contribution in [0.4, 0.5) is 0 Å². The highest BCUT2D eigenvalue weighted by atomic mass is 16.5. The van der Waals surface area contributed by atoms with Crippen LogP contribution in [-0.4, -0.2) is 37.0 Å². The Morgan fingerprint density at radius 2 is 1.32 bits per heavy atom.